The Labute approximate surface area is 215 Å². The van der Waals surface area contributed by atoms with Crippen LogP contribution in [0.2, 0.25) is 0 Å². The van der Waals surface area contributed by atoms with Gasteiger partial charge in [0.25, 0.3) is 0 Å². The van der Waals surface area contributed by atoms with Gasteiger partial charge in [0, 0.05) is 6.54 Å². The number of hydrogen-bond donors (Lipinski definition) is 0. The molecule has 1 heterocycles. The maximum absolute atomic E-state index is 14.5. The third kappa shape index (κ3) is 4.05. The first-order valence-electron chi connectivity index (χ1n) is 13.8. The van der Waals surface area contributed by atoms with E-state index in [1.165, 1.54) is 30.4 Å². The monoisotopic (exact) mass is 489 g/mol. The molecule has 5 aliphatic rings. The molecule has 4 bridgehead atoms. The summed E-state index contributed by atoms with van der Waals surface area (Å²) in [7, 11) is 3.35. The Morgan fingerprint density at radius 2 is 1.56 bits per heavy atom. The second-order valence-corrected chi connectivity index (χ2v) is 11.7. The molecule has 192 valence electrons. The third-order valence-electron chi connectivity index (χ3n) is 9.49. The molecule has 0 radical (unpaired) electrons. The summed E-state index contributed by atoms with van der Waals surface area (Å²) in [6, 6.07) is 12.3. The molecule has 2 aromatic carbocycles. The summed E-state index contributed by atoms with van der Waals surface area (Å²) in [5.74, 6) is 4.90. The number of carbonyl (C=O) groups excluding carboxylic acids is 1. The van der Waals surface area contributed by atoms with Crippen molar-refractivity contribution in [3.63, 3.8) is 0 Å². The fourth-order valence-electron chi connectivity index (χ4n) is 8.12. The lowest BCUT2D eigenvalue weighted by atomic mass is 9.49. The third-order valence-corrected chi connectivity index (χ3v) is 9.49. The van der Waals surface area contributed by atoms with E-state index < -0.39 is 0 Å². The van der Waals surface area contributed by atoms with E-state index in [2.05, 4.69) is 36.1 Å². The summed E-state index contributed by atoms with van der Waals surface area (Å²) in [5, 5.41) is 0. The maximum Gasteiger partial charge on any atom is 0.229 e. The van der Waals surface area contributed by atoms with Gasteiger partial charge in [-0.1, -0.05) is 19.1 Å². The Morgan fingerprint density at radius 1 is 0.944 bits per heavy atom. The lowest BCUT2D eigenvalue weighted by Gasteiger charge is -2.57. The van der Waals surface area contributed by atoms with Gasteiger partial charge in [0.05, 0.1) is 25.7 Å². The predicted molar refractivity (Wildman–Crippen MR) is 140 cm³/mol. The minimum absolute atomic E-state index is 0.139. The number of methoxy groups -OCH3 is 2. The molecule has 36 heavy (non-hydrogen) atoms. The molecule has 1 amide bonds. The van der Waals surface area contributed by atoms with Gasteiger partial charge in [0.2, 0.25) is 5.91 Å². The Hall–Kier alpha value is -2.69. The van der Waals surface area contributed by atoms with Crippen LogP contribution in [0.3, 0.4) is 0 Å². The molecule has 1 atom stereocenters. The number of rotatable bonds is 7. The molecule has 4 fully saturated rings. The van der Waals surface area contributed by atoms with Crippen LogP contribution in [0.15, 0.2) is 36.4 Å². The summed E-state index contributed by atoms with van der Waals surface area (Å²) >= 11 is 0. The molecular weight excluding hydrogens is 450 g/mol. The molecule has 0 saturated heterocycles. The van der Waals surface area contributed by atoms with E-state index >= 15 is 0 Å². The van der Waals surface area contributed by atoms with Crippen LogP contribution in [0.4, 0.5) is 0 Å². The van der Waals surface area contributed by atoms with E-state index in [1.54, 1.807) is 14.2 Å². The van der Waals surface area contributed by atoms with Crippen molar-refractivity contribution in [1.29, 1.82) is 0 Å². The van der Waals surface area contributed by atoms with Crippen molar-refractivity contribution in [2.24, 2.45) is 23.2 Å². The van der Waals surface area contributed by atoms with Gasteiger partial charge in [-0.15, -0.1) is 0 Å². The molecule has 7 rings (SSSR count). The number of nitrogens with zero attached hydrogens (tertiary/aromatic N) is 1. The lowest BCUT2D eigenvalue weighted by Crippen LogP contribution is -2.56. The molecule has 4 saturated carbocycles. The van der Waals surface area contributed by atoms with E-state index in [0.717, 1.165) is 73.5 Å². The number of aryl methyl sites for hydroxylation is 1. The topological polar surface area (TPSA) is 48.0 Å². The van der Waals surface area contributed by atoms with Crippen molar-refractivity contribution in [1.82, 2.24) is 4.90 Å². The highest BCUT2D eigenvalue weighted by Crippen LogP contribution is 2.61. The molecule has 0 N–H and O–H groups in total. The molecule has 4 aliphatic carbocycles. The second kappa shape index (κ2) is 9.32. The lowest BCUT2D eigenvalue weighted by molar-refractivity contribution is -0.161. The van der Waals surface area contributed by atoms with Crippen LogP contribution in [0.25, 0.3) is 0 Å². The fourth-order valence-corrected chi connectivity index (χ4v) is 8.12. The van der Waals surface area contributed by atoms with Crippen LogP contribution < -0.4 is 14.2 Å². The first-order chi connectivity index (χ1) is 17.5. The van der Waals surface area contributed by atoms with Crippen LogP contribution in [0.5, 0.6) is 17.2 Å². The number of benzene rings is 2. The molecule has 2 aromatic rings. The van der Waals surface area contributed by atoms with Crippen molar-refractivity contribution in [3.05, 3.63) is 53.1 Å². The summed E-state index contributed by atoms with van der Waals surface area (Å²) < 4.78 is 17.6. The van der Waals surface area contributed by atoms with Gasteiger partial charge in [-0.2, -0.15) is 0 Å². The minimum Gasteiger partial charge on any atom is -0.493 e. The van der Waals surface area contributed by atoms with Gasteiger partial charge in [0.15, 0.2) is 11.5 Å². The molecule has 5 nitrogen and oxygen atoms in total. The van der Waals surface area contributed by atoms with E-state index in [0.29, 0.717) is 18.3 Å². The van der Waals surface area contributed by atoms with Gasteiger partial charge < -0.3 is 19.1 Å². The Kier molecular flexibility index (Phi) is 6.13. The van der Waals surface area contributed by atoms with Gasteiger partial charge >= 0.3 is 0 Å². The smallest absolute Gasteiger partial charge is 0.229 e. The number of carbonyl (C=O) groups is 1. The van der Waals surface area contributed by atoms with Crippen molar-refractivity contribution in [2.75, 3.05) is 27.4 Å². The van der Waals surface area contributed by atoms with Crippen LogP contribution in [0, 0.1) is 23.2 Å². The van der Waals surface area contributed by atoms with Crippen molar-refractivity contribution < 1.29 is 19.0 Å². The summed E-state index contributed by atoms with van der Waals surface area (Å²) in [6.07, 6.45) is 9.10. The number of fused-ring (bicyclic) bond motifs is 1. The average molecular weight is 490 g/mol. The molecule has 0 aromatic heterocycles. The predicted octanol–water partition coefficient (Wildman–Crippen LogP) is 5.99. The first kappa shape index (κ1) is 23.7. The minimum atomic E-state index is -0.163. The van der Waals surface area contributed by atoms with Gasteiger partial charge in [-0.25, -0.2) is 0 Å². The van der Waals surface area contributed by atoms with Crippen LogP contribution in [-0.4, -0.2) is 38.2 Å². The van der Waals surface area contributed by atoms with Crippen LogP contribution in [-0.2, 0) is 17.6 Å². The van der Waals surface area contributed by atoms with Gasteiger partial charge in [0.1, 0.15) is 12.4 Å². The molecule has 5 heteroatoms. The van der Waals surface area contributed by atoms with Crippen LogP contribution in [0.1, 0.15) is 68.2 Å². The number of hydrogen-bond acceptors (Lipinski definition) is 4. The molecule has 1 aliphatic heterocycles. The summed E-state index contributed by atoms with van der Waals surface area (Å²) in [6.45, 7) is 3.32. The van der Waals surface area contributed by atoms with E-state index in [4.69, 9.17) is 14.2 Å². The van der Waals surface area contributed by atoms with Crippen molar-refractivity contribution in [3.8, 4) is 17.2 Å². The fraction of sp³-hybridized carbons (Fsp3) is 0.581. The zero-order valence-corrected chi connectivity index (χ0v) is 21.9. The van der Waals surface area contributed by atoms with E-state index in [-0.39, 0.29) is 11.5 Å². The number of amides is 1. The van der Waals surface area contributed by atoms with E-state index in [1.807, 2.05) is 12.1 Å². The summed E-state index contributed by atoms with van der Waals surface area (Å²) in [5.41, 5.74) is 3.48. The van der Waals surface area contributed by atoms with E-state index in [9.17, 15) is 4.79 Å². The second-order valence-electron chi connectivity index (χ2n) is 11.7. The average Bonchev–Trinajstić information content (AvgIpc) is 2.90. The first-order valence-corrected chi connectivity index (χ1v) is 13.8. The van der Waals surface area contributed by atoms with Gasteiger partial charge in [-0.3, -0.25) is 4.79 Å². The Bertz CT molecular complexity index is 1090. The maximum atomic E-state index is 14.5. The largest absolute Gasteiger partial charge is 0.493 e. The highest BCUT2D eigenvalue weighted by molar-refractivity contribution is 5.84. The Balaban J connectivity index is 1.33. The molecule has 0 unspecified atom stereocenters. The Morgan fingerprint density at radius 3 is 2.14 bits per heavy atom. The normalized spacial score (nSPS) is 30.1. The highest BCUT2D eigenvalue weighted by Gasteiger charge is 2.56. The summed E-state index contributed by atoms with van der Waals surface area (Å²) in [4.78, 5) is 16.6. The van der Waals surface area contributed by atoms with Gasteiger partial charge in [-0.05, 0) is 110 Å². The van der Waals surface area contributed by atoms with Crippen molar-refractivity contribution >= 4 is 5.91 Å². The molecule has 0 spiro atoms. The zero-order valence-electron chi connectivity index (χ0n) is 21.9. The highest BCUT2D eigenvalue weighted by atomic mass is 16.5. The van der Waals surface area contributed by atoms with Crippen LogP contribution >= 0.6 is 0 Å². The quantitative estimate of drug-likeness (QED) is 0.480. The zero-order chi connectivity index (χ0) is 24.9. The molecular formula is C31H39NO4. The number of ether oxygens (including phenoxy) is 3. The van der Waals surface area contributed by atoms with Crippen molar-refractivity contribution in [2.45, 2.75) is 64.3 Å². The standard InChI is InChI=1S/C31H39NO4/c1-4-20-5-7-25(8-6-20)36-19-27-26-15-29(35-3)28(34-2)14-24(26)9-10-32(27)30(33)31-16-21-11-22(17-31)13-23(12-21)18-31/h5-8,14-15,21-23,27H,4,9-13,16-19H2,1-3H3/t21?,22?,23?,27-,31?/m0/s1. The SMILES string of the molecule is CCc1ccc(OC[C@H]2c3cc(OC)c(OC)cc3CCN2C(=O)C23CC4CC(CC(C4)C2)C3)cc1.